The average Bonchev–Trinajstić information content (AvgIpc) is 1.65. The summed E-state index contributed by atoms with van der Waals surface area (Å²) in [6.45, 7) is 26.6. The Morgan fingerprint density at radius 1 is 0.570 bits per heavy atom. The van der Waals surface area contributed by atoms with E-state index in [0.29, 0.717) is 17.5 Å². The molecule has 3 heterocycles. The molecule has 100 heavy (non-hydrogen) atoms. The number of carbonyl (C=O) groups excluding carboxylic acids is 12. The van der Waals surface area contributed by atoms with Gasteiger partial charge < -0.3 is 77.0 Å². The third kappa shape index (κ3) is 20.8. The van der Waals surface area contributed by atoms with Crippen LogP contribution in [0.4, 0.5) is 0 Å². The standard InChI is InChI=1S/C73H113N13O14/c1-37(2)33-52-63(89)79-58(42(11)12)72(98)86-32-26-31-51(86)69(95)83(18)53(35-47-36-75-49-30-25-24-29-48(47)49)64(90)77-55(39(5)6)66(92)76-50(34-46-27-22-21-23-28-46)62(88)81-59(43(13)14)73(99)100-45(16)60(82-67(93)56(40(7)8)78-65(91)54(74-17)38(3)4)71(97)85(20)61(44(15)87)68(94)80-57(41(9)10)70(96)84(52)19/h21-25,27-30,36-45,50-61,74-75,87H,26,31-35H2,1-20H3,(H,76,92)(H,77,90)(H,78,91)(H,79,89)(H,80,94)(H,81,88)(H,82,93)/t44-,45-,50+,51+,52+,53+,54+,55+,56+,57+,58+,59+,60+,61+/m1/s1. The number of ether oxygens (including phenoxy) is 1. The lowest BCUT2D eigenvalue weighted by Gasteiger charge is -2.38. The van der Waals surface area contributed by atoms with Crippen molar-refractivity contribution in [1.29, 1.82) is 0 Å². The number of cyclic esters (lactones) is 1. The SMILES string of the molecule is CN[C@H](C(=O)N[C@H](C(=O)N[C@@H]1C(=O)N(C)[C@@H]([C@@H](C)O)C(=O)N[C@@H](C(C)C)C(=O)N(C)[C@@H](CC(C)C)C(=O)N[C@@H](C(C)C)C(=O)N2CCC[C@H]2C(=O)N(C)[C@@H](Cc2c[nH]c3ccccc23)C(=O)N[C@@H](C(C)C)C(=O)N[C@@H](Cc2ccccc2)C(=O)N[C@@H](C(C)C)C(=O)O[C@@H]1C)C(C)C)C(C)C. The summed E-state index contributed by atoms with van der Waals surface area (Å²) in [6.07, 6.45) is -1.10. The Balaban J connectivity index is 1.71. The van der Waals surface area contributed by atoms with E-state index in [4.69, 9.17) is 4.74 Å². The predicted octanol–water partition coefficient (Wildman–Crippen LogP) is 2.71. The Labute approximate surface area is 589 Å². The number of carbonyl (C=O) groups is 12. The number of nitrogens with zero attached hydrogens (tertiary/aromatic N) is 4. The third-order valence-electron chi connectivity index (χ3n) is 19.0. The molecule has 554 valence electrons. The van der Waals surface area contributed by atoms with Crippen molar-refractivity contribution in [1.82, 2.24) is 67.1 Å². The van der Waals surface area contributed by atoms with Crippen LogP contribution >= 0.6 is 0 Å². The molecule has 2 saturated heterocycles. The number of aromatic amines is 1. The van der Waals surface area contributed by atoms with E-state index in [2.05, 4.69) is 47.5 Å². The van der Waals surface area contributed by atoms with Crippen LogP contribution in [0.1, 0.15) is 141 Å². The second kappa shape index (κ2) is 36.8. The number of benzene rings is 2. The minimum atomic E-state index is -1.89. The zero-order valence-corrected chi connectivity index (χ0v) is 62.2. The van der Waals surface area contributed by atoms with E-state index >= 15 is 28.8 Å². The van der Waals surface area contributed by atoms with Crippen LogP contribution in [0.3, 0.4) is 0 Å². The number of amides is 11. The highest BCUT2D eigenvalue weighted by Gasteiger charge is 2.47. The molecule has 2 aliphatic heterocycles. The Bertz CT molecular complexity index is 3350. The zero-order valence-electron chi connectivity index (χ0n) is 62.2. The Morgan fingerprint density at radius 3 is 1.66 bits per heavy atom. The van der Waals surface area contributed by atoms with Gasteiger partial charge in [-0.25, -0.2) is 4.79 Å². The number of hydrogen-bond donors (Lipinski definition) is 10. The number of rotatable bonds is 18. The van der Waals surface area contributed by atoms with Crippen LogP contribution in [0, 0.1) is 41.4 Å². The van der Waals surface area contributed by atoms with Gasteiger partial charge in [-0.15, -0.1) is 0 Å². The quantitative estimate of drug-likeness (QED) is 0.0819. The largest absolute Gasteiger partial charge is 0.458 e. The van der Waals surface area contributed by atoms with Crippen molar-refractivity contribution in [3.63, 3.8) is 0 Å². The van der Waals surface area contributed by atoms with E-state index in [-0.39, 0.29) is 44.1 Å². The fraction of sp³-hybridized carbons (Fsp3) is 0.644. The smallest absolute Gasteiger partial charge is 0.329 e. The molecule has 0 radical (unpaired) electrons. The number of esters is 1. The number of H-pyrrole nitrogens is 1. The van der Waals surface area contributed by atoms with Gasteiger partial charge in [0.1, 0.15) is 72.6 Å². The van der Waals surface area contributed by atoms with Crippen molar-refractivity contribution >= 4 is 81.9 Å². The molecule has 0 aliphatic carbocycles. The summed E-state index contributed by atoms with van der Waals surface area (Å²) >= 11 is 0. The molecule has 2 aromatic carbocycles. The lowest BCUT2D eigenvalue weighted by molar-refractivity contribution is -0.160. The molecule has 0 bridgehead atoms. The fourth-order valence-electron chi connectivity index (χ4n) is 13.0. The highest BCUT2D eigenvalue weighted by Crippen LogP contribution is 2.27. The molecule has 5 rings (SSSR count). The van der Waals surface area contributed by atoms with Crippen molar-refractivity contribution < 1.29 is 67.4 Å². The average molecular weight is 1400 g/mol. The maximum absolute atomic E-state index is 15.4. The number of aromatic nitrogens is 1. The molecular formula is C73H113N13O14. The van der Waals surface area contributed by atoms with Gasteiger partial charge in [0, 0.05) is 57.6 Å². The summed E-state index contributed by atoms with van der Waals surface area (Å²) in [4.78, 5) is 187. The fourth-order valence-corrected chi connectivity index (χ4v) is 13.0. The maximum atomic E-state index is 15.4. The van der Waals surface area contributed by atoms with Gasteiger partial charge in [0.2, 0.25) is 65.0 Å². The van der Waals surface area contributed by atoms with Crippen molar-refractivity contribution in [3.8, 4) is 0 Å². The third-order valence-corrected chi connectivity index (χ3v) is 19.0. The first-order chi connectivity index (χ1) is 46.8. The number of hydrogen-bond acceptors (Lipinski definition) is 15. The van der Waals surface area contributed by atoms with Crippen LogP contribution in [0.25, 0.3) is 10.9 Å². The number of fused-ring (bicyclic) bond motifs is 2. The van der Waals surface area contributed by atoms with Crippen molar-refractivity contribution in [2.75, 3.05) is 34.7 Å². The summed E-state index contributed by atoms with van der Waals surface area (Å²) in [7, 11) is 5.61. The van der Waals surface area contributed by atoms with E-state index in [1.807, 2.05) is 52.0 Å². The van der Waals surface area contributed by atoms with Gasteiger partial charge in [-0.1, -0.05) is 145 Å². The van der Waals surface area contributed by atoms with E-state index < -0.39 is 185 Å². The van der Waals surface area contributed by atoms with E-state index in [1.54, 1.807) is 113 Å². The first-order valence-electron chi connectivity index (χ1n) is 35.2. The molecule has 2 fully saturated rings. The molecule has 0 saturated carbocycles. The summed E-state index contributed by atoms with van der Waals surface area (Å²) in [5, 5.41) is 34.8. The molecule has 14 atom stereocenters. The molecule has 27 nitrogen and oxygen atoms in total. The molecular weight excluding hydrogens is 1280 g/mol. The lowest BCUT2D eigenvalue weighted by atomic mass is 9.96. The van der Waals surface area contributed by atoms with Crippen LogP contribution in [-0.2, 0) is 75.1 Å². The molecule has 0 unspecified atom stereocenters. The van der Waals surface area contributed by atoms with Gasteiger partial charge in [-0.3, -0.25) is 52.7 Å². The van der Waals surface area contributed by atoms with E-state index in [1.165, 1.54) is 49.7 Å². The Hall–Kier alpha value is -8.46. The van der Waals surface area contributed by atoms with Crippen LogP contribution in [0.5, 0.6) is 0 Å². The molecule has 10 N–H and O–H groups in total. The minimum absolute atomic E-state index is 0.0589. The van der Waals surface area contributed by atoms with Crippen LogP contribution in [0.2, 0.25) is 0 Å². The number of aliphatic hydroxyl groups excluding tert-OH is 1. The highest BCUT2D eigenvalue weighted by atomic mass is 16.5. The van der Waals surface area contributed by atoms with Crippen LogP contribution < -0.4 is 42.5 Å². The number of nitrogens with one attached hydrogen (secondary N) is 9. The topological polar surface area (TPSA) is 359 Å². The lowest BCUT2D eigenvalue weighted by Crippen LogP contribution is -2.65. The first-order valence-corrected chi connectivity index (χ1v) is 35.2. The van der Waals surface area contributed by atoms with Gasteiger partial charge in [0.15, 0.2) is 0 Å². The molecule has 27 heteroatoms. The van der Waals surface area contributed by atoms with Gasteiger partial charge in [0.05, 0.1) is 12.1 Å². The molecule has 0 spiro atoms. The van der Waals surface area contributed by atoms with Crippen LogP contribution in [0.15, 0.2) is 60.8 Å². The van der Waals surface area contributed by atoms with Crippen LogP contribution in [-0.4, -0.2) is 220 Å². The molecule has 2 aliphatic rings. The van der Waals surface area contributed by atoms with E-state index in [0.717, 1.165) is 15.8 Å². The number of para-hydroxylation sites is 1. The zero-order chi connectivity index (χ0) is 75.1. The number of likely N-dealkylation sites (N-methyl/N-ethyl adjacent to an activating group) is 4. The van der Waals surface area contributed by atoms with Crippen molar-refractivity contribution in [3.05, 3.63) is 71.9 Å². The maximum Gasteiger partial charge on any atom is 0.329 e. The molecule has 3 aromatic rings. The van der Waals surface area contributed by atoms with Crippen molar-refractivity contribution in [2.45, 2.75) is 228 Å². The normalized spacial score (nSPS) is 25.6. The highest BCUT2D eigenvalue weighted by molar-refractivity contribution is 6.00. The summed E-state index contributed by atoms with van der Waals surface area (Å²) < 4.78 is 6.09. The summed E-state index contributed by atoms with van der Waals surface area (Å²) in [6, 6.07) is -0.224. The summed E-state index contributed by atoms with van der Waals surface area (Å²) in [5.74, 6) is -13.3. The summed E-state index contributed by atoms with van der Waals surface area (Å²) in [5.41, 5.74) is 2.02. The second-order valence-corrected chi connectivity index (χ2v) is 29.5. The van der Waals surface area contributed by atoms with Crippen molar-refractivity contribution in [2.24, 2.45) is 41.4 Å². The van der Waals surface area contributed by atoms with Gasteiger partial charge >= 0.3 is 5.97 Å². The van der Waals surface area contributed by atoms with Gasteiger partial charge in [0.25, 0.3) is 0 Å². The number of aliphatic hydroxyl groups is 1. The second-order valence-electron chi connectivity index (χ2n) is 29.5. The minimum Gasteiger partial charge on any atom is -0.458 e. The van der Waals surface area contributed by atoms with Gasteiger partial charge in [-0.2, -0.15) is 0 Å². The Morgan fingerprint density at radius 2 is 1.10 bits per heavy atom. The predicted molar refractivity (Wildman–Crippen MR) is 379 cm³/mol. The molecule has 1 aromatic heterocycles. The Kier molecular flexibility index (Phi) is 30.2. The monoisotopic (exact) mass is 1400 g/mol. The van der Waals surface area contributed by atoms with Gasteiger partial charge in [-0.05, 0) is 98.8 Å². The molecule has 11 amide bonds. The first kappa shape index (κ1) is 82.2. The van der Waals surface area contributed by atoms with E-state index in [9.17, 15) is 33.9 Å².